The first kappa shape index (κ1) is 15.7. The molecule has 3 atom stereocenters. The van der Waals surface area contributed by atoms with E-state index in [9.17, 15) is 4.79 Å². The van der Waals surface area contributed by atoms with Crippen molar-refractivity contribution in [1.82, 2.24) is 10.2 Å². The maximum atomic E-state index is 12.1. The molecule has 20 heavy (non-hydrogen) atoms. The molecular weight excluding hydrogens is 256 g/mol. The van der Waals surface area contributed by atoms with Crippen LogP contribution >= 0.6 is 0 Å². The Morgan fingerprint density at radius 2 is 2.05 bits per heavy atom. The quantitative estimate of drug-likeness (QED) is 0.738. The standard InChI is InChI=1S/C15H28N2O3/c1-11-7-8-17(9-13(11)19-3)10-15(2,14(18)20-4)16-12-5-6-12/h11-13,16H,5-10H2,1-4H3. The second kappa shape index (κ2) is 6.41. The predicted molar refractivity (Wildman–Crippen MR) is 77.6 cm³/mol. The number of nitrogens with one attached hydrogen (secondary N) is 1. The minimum absolute atomic E-state index is 0.169. The molecule has 1 N–H and O–H groups in total. The van der Waals surface area contributed by atoms with Gasteiger partial charge in [0.2, 0.25) is 0 Å². The van der Waals surface area contributed by atoms with Gasteiger partial charge in [0.15, 0.2) is 0 Å². The van der Waals surface area contributed by atoms with Gasteiger partial charge < -0.3 is 9.47 Å². The molecule has 2 fully saturated rings. The molecule has 1 aliphatic carbocycles. The first-order valence-electron chi connectivity index (χ1n) is 7.60. The summed E-state index contributed by atoms with van der Waals surface area (Å²) in [5.74, 6) is 0.411. The molecule has 0 aromatic carbocycles. The van der Waals surface area contributed by atoms with Gasteiger partial charge in [0.05, 0.1) is 13.2 Å². The van der Waals surface area contributed by atoms with Crippen LogP contribution in [0.4, 0.5) is 0 Å². The summed E-state index contributed by atoms with van der Waals surface area (Å²) >= 11 is 0. The molecule has 1 saturated carbocycles. The number of hydrogen-bond acceptors (Lipinski definition) is 5. The third-order valence-corrected chi connectivity index (χ3v) is 4.55. The highest BCUT2D eigenvalue weighted by molar-refractivity contribution is 5.80. The smallest absolute Gasteiger partial charge is 0.327 e. The Morgan fingerprint density at radius 1 is 1.35 bits per heavy atom. The monoisotopic (exact) mass is 284 g/mol. The molecule has 1 aliphatic heterocycles. The summed E-state index contributed by atoms with van der Waals surface area (Å²) in [7, 11) is 3.23. The van der Waals surface area contributed by atoms with Crippen LogP contribution in [0.2, 0.25) is 0 Å². The average Bonchev–Trinajstić information content (AvgIpc) is 3.23. The van der Waals surface area contributed by atoms with Gasteiger partial charge in [0.25, 0.3) is 0 Å². The number of rotatable bonds is 6. The molecule has 0 amide bonds. The van der Waals surface area contributed by atoms with E-state index in [0.717, 1.165) is 32.4 Å². The van der Waals surface area contributed by atoms with Crippen LogP contribution in [-0.2, 0) is 14.3 Å². The van der Waals surface area contributed by atoms with Crippen LogP contribution in [0.25, 0.3) is 0 Å². The van der Waals surface area contributed by atoms with Gasteiger partial charge in [-0.25, -0.2) is 0 Å². The van der Waals surface area contributed by atoms with Crippen LogP contribution in [0.1, 0.15) is 33.1 Å². The number of carbonyl (C=O) groups excluding carboxylic acids is 1. The second-order valence-electron chi connectivity index (χ2n) is 6.52. The van der Waals surface area contributed by atoms with E-state index in [4.69, 9.17) is 9.47 Å². The lowest BCUT2D eigenvalue weighted by Crippen LogP contribution is -2.60. The van der Waals surface area contributed by atoms with E-state index in [2.05, 4.69) is 17.1 Å². The van der Waals surface area contributed by atoms with Gasteiger partial charge in [-0.05, 0) is 38.6 Å². The van der Waals surface area contributed by atoms with E-state index in [1.54, 1.807) is 7.11 Å². The topological polar surface area (TPSA) is 50.8 Å². The number of esters is 1. The highest BCUT2D eigenvalue weighted by Gasteiger charge is 2.41. The Morgan fingerprint density at radius 3 is 2.60 bits per heavy atom. The Balaban J connectivity index is 1.98. The van der Waals surface area contributed by atoms with Crippen LogP contribution in [0, 0.1) is 5.92 Å². The molecule has 2 aliphatic rings. The van der Waals surface area contributed by atoms with Crippen molar-refractivity contribution in [3.05, 3.63) is 0 Å². The normalized spacial score (nSPS) is 30.8. The van der Waals surface area contributed by atoms with Gasteiger partial charge in [-0.2, -0.15) is 0 Å². The molecule has 0 bridgehead atoms. The summed E-state index contributed by atoms with van der Waals surface area (Å²) < 4.78 is 10.6. The van der Waals surface area contributed by atoms with Crippen molar-refractivity contribution in [3.63, 3.8) is 0 Å². The molecule has 0 spiro atoms. The van der Waals surface area contributed by atoms with Gasteiger partial charge in [-0.15, -0.1) is 0 Å². The van der Waals surface area contributed by atoms with E-state index in [1.165, 1.54) is 7.11 Å². The minimum Gasteiger partial charge on any atom is -0.468 e. The van der Waals surface area contributed by atoms with E-state index in [1.807, 2.05) is 6.92 Å². The maximum Gasteiger partial charge on any atom is 0.327 e. The van der Waals surface area contributed by atoms with E-state index < -0.39 is 5.54 Å². The number of carbonyl (C=O) groups is 1. The molecule has 5 nitrogen and oxygen atoms in total. The lowest BCUT2D eigenvalue weighted by molar-refractivity contribution is -0.149. The molecule has 0 radical (unpaired) electrons. The lowest BCUT2D eigenvalue weighted by Gasteiger charge is -2.40. The van der Waals surface area contributed by atoms with Crippen molar-refractivity contribution in [2.75, 3.05) is 33.9 Å². The van der Waals surface area contributed by atoms with Gasteiger partial charge in [-0.1, -0.05) is 6.92 Å². The summed E-state index contributed by atoms with van der Waals surface area (Å²) in [6, 6.07) is 0.473. The molecule has 5 heteroatoms. The third kappa shape index (κ3) is 3.71. The van der Waals surface area contributed by atoms with Crippen LogP contribution in [0.15, 0.2) is 0 Å². The Labute approximate surface area is 122 Å². The maximum absolute atomic E-state index is 12.1. The molecule has 0 aromatic rings. The Bertz CT molecular complexity index is 346. The van der Waals surface area contributed by atoms with Crippen LogP contribution in [0.5, 0.6) is 0 Å². The third-order valence-electron chi connectivity index (χ3n) is 4.55. The zero-order valence-electron chi connectivity index (χ0n) is 13.1. The molecule has 0 aromatic heterocycles. The fourth-order valence-electron chi connectivity index (χ4n) is 3.07. The first-order valence-corrected chi connectivity index (χ1v) is 7.60. The van der Waals surface area contributed by atoms with Crippen LogP contribution < -0.4 is 5.32 Å². The number of piperidine rings is 1. The van der Waals surface area contributed by atoms with Gasteiger partial charge >= 0.3 is 5.97 Å². The fourth-order valence-corrected chi connectivity index (χ4v) is 3.07. The number of nitrogens with zero attached hydrogens (tertiary/aromatic N) is 1. The summed E-state index contributed by atoms with van der Waals surface area (Å²) in [6.45, 7) is 6.77. The Hall–Kier alpha value is -0.650. The van der Waals surface area contributed by atoms with Crippen molar-refractivity contribution in [1.29, 1.82) is 0 Å². The van der Waals surface area contributed by atoms with Gasteiger partial charge in [-0.3, -0.25) is 15.0 Å². The van der Waals surface area contributed by atoms with Crippen molar-refractivity contribution in [3.8, 4) is 0 Å². The number of methoxy groups -OCH3 is 2. The molecule has 3 unspecified atom stereocenters. The number of likely N-dealkylation sites (tertiary alicyclic amines) is 1. The summed E-state index contributed by atoms with van der Waals surface area (Å²) in [5.41, 5.74) is -0.616. The molecule has 1 heterocycles. The predicted octanol–water partition coefficient (Wildman–Crippen LogP) is 1.03. The summed E-state index contributed by atoms with van der Waals surface area (Å²) in [4.78, 5) is 14.5. The van der Waals surface area contributed by atoms with E-state index in [-0.39, 0.29) is 12.1 Å². The molecule has 116 valence electrons. The zero-order chi connectivity index (χ0) is 14.8. The largest absolute Gasteiger partial charge is 0.468 e. The van der Waals surface area contributed by atoms with Crippen molar-refractivity contribution < 1.29 is 14.3 Å². The summed E-state index contributed by atoms with van der Waals surface area (Å²) in [6.07, 6.45) is 3.68. The number of ether oxygens (including phenoxy) is 2. The second-order valence-corrected chi connectivity index (χ2v) is 6.52. The fraction of sp³-hybridized carbons (Fsp3) is 0.933. The lowest BCUT2D eigenvalue weighted by atomic mass is 9.93. The minimum atomic E-state index is -0.616. The number of hydrogen-bond donors (Lipinski definition) is 1. The summed E-state index contributed by atoms with van der Waals surface area (Å²) in [5, 5.41) is 3.45. The van der Waals surface area contributed by atoms with Crippen LogP contribution in [-0.4, -0.2) is 62.4 Å². The molecular formula is C15H28N2O3. The highest BCUT2D eigenvalue weighted by Crippen LogP contribution is 2.26. The van der Waals surface area contributed by atoms with E-state index in [0.29, 0.717) is 18.5 Å². The average molecular weight is 284 g/mol. The Kier molecular flexibility index (Phi) is 5.04. The highest BCUT2D eigenvalue weighted by atomic mass is 16.5. The van der Waals surface area contributed by atoms with Gasteiger partial charge in [0.1, 0.15) is 5.54 Å². The molecule has 2 rings (SSSR count). The first-order chi connectivity index (χ1) is 9.48. The van der Waals surface area contributed by atoms with E-state index >= 15 is 0 Å². The van der Waals surface area contributed by atoms with Gasteiger partial charge in [0, 0.05) is 26.2 Å². The molecule has 1 saturated heterocycles. The SMILES string of the molecule is COC(=O)C(C)(CN1CCC(C)C(OC)C1)NC1CC1. The van der Waals surface area contributed by atoms with Crippen molar-refractivity contribution in [2.24, 2.45) is 5.92 Å². The van der Waals surface area contributed by atoms with Crippen molar-refractivity contribution >= 4 is 5.97 Å². The zero-order valence-corrected chi connectivity index (χ0v) is 13.1. The van der Waals surface area contributed by atoms with Crippen LogP contribution in [0.3, 0.4) is 0 Å². The van der Waals surface area contributed by atoms with Crippen molar-refractivity contribution in [2.45, 2.75) is 50.8 Å².